The summed E-state index contributed by atoms with van der Waals surface area (Å²) in [5.41, 5.74) is 3.36. The topological polar surface area (TPSA) is 102 Å². The molecule has 0 saturated heterocycles. The maximum absolute atomic E-state index is 12.4. The number of sulfonamides is 1. The molecule has 0 unspecified atom stereocenters. The predicted molar refractivity (Wildman–Crippen MR) is 125 cm³/mol. The summed E-state index contributed by atoms with van der Waals surface area (Å²) in [4.78, 5) is 17.1. The fraction of sp³-hybridized carbons (Fsp3) is 0.261. The molecular weight excluding hydrogens is 440 g/mol. The highest BCUT2D eigenvalue weighted by Gasteiger charge is 2.19. The van der Waals surface area contributed by atoms with Crippen molar-refractivity contribution < 1.29 is 13.2 Å². The lowest BCUT2D eigenvalue weighted by molar-refractivity contribution is -0.121. The van der Waals surface area contributed by atoms with Gasteiger partial charge in [0, 0.05) is 52.9 Å². The van der Waals surface area contributed by atoms with Gasteiger partial charge < -0.3 is 9.88 Å². The van der Waals surface area contributed by atoms with E-state index >= 15 is 0 Å². The Labute approximate surface area is 192 Å². The van der Waals surface area contributed by atoms with Crippen molar-refractivity contribution in [3.8, 4) is 5.69 Å². The van der Waals surface area contributed by atoms with Gasteiger partial charge >= 0.3 is 0 Å². The number of hydrogen-bond acceptors (Lipinski definition) is 5. The third kappa shape index (κ3) is 4.81. The first-order valence-electron chi connectivity index (χ1n) is 10.5. The van der Waals surface area contributed by atoms with Crippen LogP contribution in [0.15, 0.2) is 65.8 Å². The fourth-order valence-corrected chi connectivity index (χ4v) is 4.45. The monoisotopic (exact) mass is 466 g/mol. The van der Waals surface area contributed by atoms with Crippen molar-refractivity contribution in [3.63, 3.8) is 0 Å². The first kappa shape index (κ1) is 22.7. The van der Waals surface area contributed by atoms with Crippen molar-refractivity contribution in [3.05, 3.63) is 72.3 Å². The van der Waals surface area contributed by atoms with E-state index in [0.717, 1.165) is 22.6 Å². The molecule has 0 bridgehead atoms. The molecule has 1 amide bonds. The lowest BCUT2D eigenvalue weighted by Gasteiger charge is -2.10. The Balaban J connectivity index is 1.37. The molecule has 0 atom stereocenters. The van der Waals surface area contributed by atoms with Gasteiger partial charge in [0.05, 0.1) is 21.6 Å². The minimum Gasteiger partial charge on any atom is -0.352 e. The lowest BCUT2D eigenvalue weighted by atomic mass is 10.2. The molecule has 10 heteroatoms. The van der Waals surface area contributed by atoms with Crippen LogP contribution in [0.4, 0.5) is 0 Å². The summed E-state index contributed by atoms with van der Waals surface area (Å²) in [5, 5.41) is 7.13. The highest BCUT2D eigenvalue weighted by Crippen LogP contribution is 2.22. The van der Waals surface area contributed by atoms with Crippen LogP contribution in [0.5, 0.6) is 0 Å². The van der Waals surface area contributed by atoms with Gasteiger partial charge in [-0.3, -0.25) is 4.79 Å². The summed E-state index contributed by atoms with van der Waals surface area (Å²) in [6.07, 6.45) is 4.33. The van der Waals surface area contributed by atoms with Gasteiger partial charge in [-0.05, 0) is 42.0 Å². The van der Waals surface area contributed by atoms with Gasteiger partial charge in [-0.2, -0.15) is 5.10 Å². The van der Waals surface area contributed by atoms with Gasteiger partial charge in [0.1, 0.15) is 5.82 Å². The molecule has 9 nitrogen and oxygen atoms in total. The van der Waals surface area contributed by atoms with Crippen LogP contribution in [0.2, 0.25) is 0 Å². The molecule has 2 aromatic heterocycles. The van der Waals surface area contributed by atoms with E-state index in [1.807, 2.05) is 48.1 Å². The van der Waals surface area contributed by atoms with Gasteiger partial charge in [0.25, 0.3) is 0 Å². The number of hydrogen-bond donors (Lipinski definition) is 1. The van der Waals surface area contributed by atoms with Crippen molar-refractivity contribution in [1.29, 1.82) is 0 Å². The Hall–Kier alpha value is -3.50. The Morgan fingerprint density at radius 2 is 1.88 bits per heavy atom. The van der Waals surface area contributed by atoms with Crippen LogP contribution in [0.3, 0.4) is 0 Å². The van der Waals surface area contributed by atoms with E-state index in [9.17, 15) is 13.2 Å². The highest BCUT2D eigenvalue weighted by molar-refractivity contribution is 7.89. The molecule has 172 valence electrons. The predicted octanol–water partition coefficient (Wildman–Crippen LogP) is 2.26. The van der Waals surface area contributed by atoms with Crippen LogP contribution in [-0.2, 0) is 34.8 Å². The van der Waals surface area contributed by atoms with E-state index in [1.54, 1.807) is 29.1 Å². The number of aryl methyl sites for hydroxylation is 2. The number of nitrogens with one attached hydrogen (secondary N) is 1. The number of carbonyl (C=O) groups is 1. The summed E-state index contributed by atoms with van der Waals surface area (Å²) in [7, 11) is 1.32. The molecule has 1 N–H and O–H groups in total. The normalized spacial score (nSPS) is 11.9. The Kier molecular flexibility index (Phi) is 6.30. The van der Waals surface area contributed by atoms with Crippen molar-refractivity contribution in [2.75, 3.05) is 14.1 Å². The van der Waals surface area contributed by atoms with E-state index < -0.39 is 10.0 Å². The third-order valence-electron chi connectivity index (χ3n) is 5.49. The third-order valence-corrected chi connectivity index (χ3v) is 7.31. The second-order valence-corrected chi connectivity index (χ2v) is 10.1. The minimum absolute atomic E-state index is 0.0749. The molecule has 2 aromatic carbocycles. The maximum atomic E-state index is 12.4. The number of nitrogens with zero attached hydrogens (tertiary/aromatic N) is 5. The molecule has 2 heterocycles. The summed E-state index contributed by atoms with van der Waals surface area (Å²) in [5.74, 6) is 0.650. The molecule has 0 aliphatic rings. The average Bonchev–Trinajstić information content (AvgIpc) is 3.45. The van der Waals surface area contributed by atoms with E-state index in [4.69, 9.17) is 0 Å². The lowest BCUT2D eigenvalue weighted by Crippen LogP contribution is -2.23. The zero-order chi connectivity index (χ0) is 23.6. The molecule has 0 aliphatic carbocycles. The number of amides is 1. The van der Waals surface area contributed by atoms with Crippen molar-refractivity contribution >= 4 is 27.0 Å². The number of fused-ring (bicyclic) bond motifs is 1. The number of benzene rings is 2. The Bertz CT molecular complexity index is 1370. The smallest absolute Gasteiger partial charge is 0.242 e. The molecule has 0 saturated carbocycles. The average molecular weight is 467 g/mol. The van der Waals surface area contributed by atoms with Crippen LogP contribution in [-0.4, -0.2) is 52.1 Å². The van der Waals surface area contributed by atoms with Gasteiger partial charge in [0.2, 0.25) is 15.9 Å². The number of carbonyl (C=O) groups excluding carboxylic acids is 1. The molecule has 4 aromatic rings. The second-order valence-electron chi connectivity index (χ2n) is 7.92. The van der Waals surface area contributed by atoms with Crippen LogP contribution < -0.4 is 5.32 Å². The minimum atomic E-state index is -3.53. The van der Waals surface area contributed by atoms with Crippen molar-refractivity contribution in [1.82, 2.24) is 29.0 Å². The van der Waals surface area contributed by atoms with Gasteiger partial charge in [-0.25, -0.2) is 22.4 Å². The fourth-order valence-electron chi connectivity index (χ4n) is 3.53. The van der Waals surface area contributed by atoms with E-state index in [-0.39, 0.29) is 17.2 Å². The van der Waals surface area contributed by atoms with Gasteiger partial charge in [-0.15, -0.1) is 0 Å². The van der Waals surface area contributed by atoms with Gasteiger partial charge in [-0.1, -0.05) is 12.1 Å². The largest absolute Gasteiger partial charge is 0.352 e. The zero-order valence-electron chi connectivity index (χ0n) is 18.8. The van der Waals surface area contributed by atoms with Crippen molar-refractivity contribution in [2.45, 2.75) is 24.3 Å². The molecule has 0 radical (unpaired) electrons. The summed E-state index contributed by atoms with van der Waals surface area (Å²) in [6, 6.07) is 14.6. The van der Waals surface area contributed by atoms with Crippen LogP contribution in [0, 0.1) is 0 Å². The molecule has 0 fully saturated rings. The Morgan fingerprint density at radius 3 is 2.55 bits per heavy atom. The zero-order valence-corrected chi connectivity index (χ0v) is 19.6. The first-order valence-corrected chi connectivity index (χ1v) is 11.9. The van der Waals surface area contributed by atoms with E-state index in [2.05, 4.69) is 15.4 Å². The maximum Gasteiger partial charge on any atom is 0.242 e. The highest BCUT2D eigenvalue weighted by atomic mass is 32.2. The molecule has 4 rings (SSSR count). The number of rotatable bonds is 8. The van der Waals surface area contributed by atoms with Gasteiger partial charge in [0.15, 0.2) is 0 Å². The second kappa shape index (κ2) is 9.16. The number of aromatic nitrogens is 4. The van der Waals surface area contributed by atoms with E-state index in [0.29, 0.717) is 18.5 Å². The summed E-state index contributed by atoms with van der Waals surface area (Å²) >= 11 is 0. The first-order chi connectivity index (χ1) is 15.8. The Morgan fingerprint density at radius 1 is 1.12 bits per heavy atom. The number of imidazole rings is 1. The quantitative estimate of drug-likeness (QED) is 0.429. The molecule has 0 aliphatic heterocycles. The molecule has 0 spiro atoms. The standard InChI is InChI=1S/C23H26N6O3S/c1-27(2)33(31,32)19-9-10-21-20(15-19)26-22(28(21)3)11-12-23(30)24-16-17-5-7-18(8-6-17)29-14-4-13-25-29/h4-10,13-15H,11-12,16H2,1-3H3,(H,24,30). The summed E-state index contributed by atoms with van der Waals surface area (Å²) in [6.45, 7) is 0.437. The molecular formula is C23H26N6O3S. The molecule has 33 heavy (non-hydrogen) atoms. The van der Waals surface area contributed by atoms with Crippen LogP contribution in [0.25, 0.3) is 16.7 Å². The summed E-state index contributed by atoms with van der Waals surface area (Å²) < 4.78 is 29.6. The van der Waals surface area contributed by atoms with E-state index in [1.165, 1.54) is 18.4 Å². The van der Waals surface area contributed by atoms with Crippen LogP contribution >= 0.6 is 0 Å². The van der Waals surface area contributed by atoms with Crippen LogP contribution in [0.1, 0.15) is 17.8 Å². The SMILES string of the molecule is CN(C)S(=O)(=O)c1ccc2c(c1)nc(CCC(=O)NCc1ccc(-n3cccn3)cc1)n2C. The van der Waals surface area contributed by atoms with Crippen molar-refractivity contribution in [2.24, 2.45) is 7.05 Å².